The van der Waals surface area contributed by atoms with Crippen molar-refractivity contribution >= 4 is 16.9 Å². The number of hydrogen-bond acceptors (Lipinski definition) is 4. The summed E-state index contributed by atoms with van der Waals surface area (Å²) >= 11 is 0. The highest BCUT2D eigenvalue weighted by Crippen LogP contribution is 2.24. The molecule has 0 unspecified atom stereocenters. The van der Waals surface area contributed by atoms with E-state index >= 15 is 0 Å². The molecule has 0 saturated heterocycles. The molecule has 0 aliphatic heterocycles. The minimum absolute atomic E-state index is 0.0242. The number of carbonyl (C=O) groups is 1. The molecule has 1 aromatic heterocycles. The monoisotopic (exact) mass is 297 g/mol. The van der Waals surface area contributed by atoms with Gasteiger partial charge in [0, 0.05) is 12.5 Å². The minimum Gasteiger partial charge on any atom is -0.508 e. The van der Waals surface area contributed by atoms with Gasteiger partial charge in [-0.2, -0.15) is 0 Å². The normalized spacial score (nSPS) is 10.9. The Balaban J connectivity index is 1.85. The number of aromatic amines is 1. The number of nitrogens with one attached hydrogen (secondary N) is 1. The molecule has 0 atom stereocenters. The number of primary amides is 1. The molecule has 112 valence electrons. The Morgan fingerprint density at radius 2 is 2.00 bits per heavy atom. The molecule has 2 aromatic carbocycles. The van der Waals surface area contributed by atoms with Gasteiger partial charge < -0.3 is 20.9 Å². The van der Waals surface area contributed by atoms with E-state index in [1.807, 2.05) is 6.07 Å². The number of hydrogen-bond donors (Lipinski definition) is 4. The summed E-state index contributed by atoms with van der Waals surface area (Å²) in [7, 11) is 0. The van der Waals surface area contributed by atoms with Crippen LogP contribution in [0.15, 0.2) is 36.4 Å². The number of amides is 1. The minimum atomic E-state index is -0.514. The van der Waals surface area contributed by atoms with E-state index in [4.69, 9.17) is 5.73 Å². The molecular weight excluding hydrogens is 282 g/mol. The third-order valence-electron chi connectivity index (χ3n) is 3.53. The summed E-state index contributed by atoms with van der Waals surface area (Å²) in [5.74, 6) is 0.265. The number of H-pyrrole nitrogens is 1. The number of carbonyl (C=O) groups excluding carboxylic acids is 1. The lowest BCUT2D eigenvalue weighted by Gasteiger charge is -2.03. The average molecular weight is 297 g/mol. The Kier molecular flexibility index (Phi) is 3.42. The fourth-order valence-electron chi connectivity index (χ4n) is 2.42. The molecule has 0 radical (unpaired) electrons. The molecule has 0 bridgehead atoms. The van der Waals surface area contributed by atoms with Crippen LogP contribution in [0.25, 0.3) is 11.0 Å². The van der Waals surface area contributed by atoms with E-state index in [-0.39, 0.29) is 11.5 Å². The first-order valence-electron chi connectivity index (χ1n) is 6.83. The number of nitrogens with two attached hydrogens (primary N) is 1. The zero-order valence-electron chi connectivity index (χ0n) is 11.7. The van der Waals surface area contributed by atoms with Crippen molar-refractivity contribution < 1.29 is 15.0 Å². The van der Waals surface area contributed by atoms with Crippen molar-refractivity contribution in [1.29, 1.82) is 0 Å². The number of imidazole rings is 1. The van der Waals surface area contributed by atoms with Gasteiger partial charge in [-0.15, -0.1) is 0 Å². The summed E-state index contributed by atoms with van der Waals surface area (Å²) in [5, 5.41) is 19.1. The molecule has 1 amide bonds. The first-order chi connectivity index (χ1) is 10.5. The summed E-state index contributed by atoms with van der Waals surface area (Å²) in [6.45, 7) is 0. The molecule has 0 aliphatic carbocycles. The lowest BCUT2D eigenvalue weighted by Crippen LogP contribution is -2.11. The third kappa shape index (κ3) is 2.58. The van der Waals surface area contributed by atoms with Gasteiger partial charge in [-0.05, 0) is 30.2 Å². The van der Waals surface area contributed by atoms with Crippen molar-refractivity contribution in [1.82, 2.24) is 9.97 Å². The molecule has 5 N–H and O–H groups in total. The van der Waals surface area contributed by atoms with Crippen molar-refractivity contribution in [3.8, 4) is 11.5 Å². The molecular formula is C16H15N3O3. The second kappa shape index (κ2) is 5.40. The molecule has 0 fully saturated rings. The fraction of sp³-hybridized carbons (Fsp3) is 0.125. The first kappa shape index (κ1) is 13.9. The highest BCUT2D eigenvalue weighted by molar-refractivity contribution is 6.04. The summed E-state index contributed by atoms with van der Waals surface area (Å²) in [6.07, 6.45) is 1.11. The topological polar surface area (TPSA) is 112 Å². The van der Waals surface area contributed by atoms with Gasteiger partial charge in [-0.3, -0.25) is 4.79 Å². The Morgan fingerprint density at radius 1 is 1.18 bits per heavy atom. The van der Waals surface area contributed by atoms with Crippen molar-refractivity contribution in [2.75, 3.05) is 0 Å². The number of aryl methyl sites for hydroxylation is 2. The number of phenolic OH excluding ortho intramolecular Hbond substituents is 2. The maximum Gasteiger partial charge on any atom is 0.250 e. The highest BCUT2D eigenvalue weighted by Gasteiger charge is 2.11. The van der Waals surface area contributed by atoms with Crippen molar-refractivity contribution in [3.05, 3.63) is 53.3 Å². The first-order valence-corrected chi connectivity index (χ1v) is 6.83. The number of fused-ring (bicyclic) bond motifs is 1. The Labute approximate surface area is 126 Å². The predicted octanol–water partition coefficient (Wildman–Crippen LogP) is 1.86. The second-order valence-electron chi connectivity index (χ2n) is 5.06. The molecule has 3 aromatic rings. The van der Waals surface area contributed by atoms with Crippen LogP contribution in [-0.4, -0.2) is 26.1 Å². The van der Waals surface area contributed by atoms with Gasteiger partial charge in [-0.25, -0.2) is 4.98 Å². The summed E-state index contributed by atoms with van der Waals surface area (Å²) in [5.41, 5.74) is 7.74. The fourth-order valence-corrected chi connectivity index (χ4v) is 2.42. The SMILES string of the molecule is NC(=O)c1cccc2[nH]c(CCc3ccc(O)cc3O)nc12. The summed E-state index contributed by atoms with van der Waals surface area (Å²) in [6, 6.07) is 9.72. The molecule has 0 aliphatic rings. The number of aromatic nitrogens is 2. The smallest absolute Gasteiger partial charge is 0.250 e. The van der Waals surface area contributed by atoms with Crippen molar-refractivity contribution in [3.63, 3.8) is 0 Å². The largest absolute Gasteiger partial charge is 0.508 e. The number of nitrogens with zero attached hydrogens (tertiary/aromatic N) is 1. The van der Waals surface area contributed by atoms with E-state index in [0.29, 0.717) is 35.3 Å². The van der Waals surface area contributed by atoms with Gasteiger partial charge in [-0.1, -0.05) is 12.1 Å². The zero-order chi connectivity index (χ0) is 15.7. The Hall–Kier alpha value is -3.02. The Morgan fingerprint density at radius 3 is 2.73 bits per heavy atom. The quantitative estimate of drug-likeness (QED) is 0.588. The molecule has 1 heterocycles. The van der Waals surface area contributed by atoms with Gasteiger partial charge >= 0.3 is 0 Å². The standard InChI is InChI=1S/C16H15N3O3/c17-16(22)11-2-1-3-12-15(11)19-14(18-12)7-5-9-4-6-10(20)8-13(9)21/h1-4,6,8,20-21H,5,7H2,(H2,17,22)(H,18,19). The second-order valence-corrected chi connectivity index (χ2v) is 5.06. The van der Waals surface area contributed by atoms with Crippen LogP contribution in [0, 0.1) is 0 Å². The van der Waals surface area contributed by atoms with E-state index in [0.717, 1.165) is 5.52 Å². The molecule has 0 spiro atoms. The van der Waals surface area contributed by atoms with Crippen LogP contribution in [0.5, 0.6) is 11.5 Å². The lowest BCUT2D eigenvalue weighted by atomic mass is 10.1. The van der Waals surface area contributed by atoms with Crippen LogP contribution in [0.2, 0.25) is 0 Å². The third-order valence-corrected chi connectivity index (χ3v) is 3.53. The van der Waals surface area contributed by atoms with Gasteiger partial charge in [0.05, 0.1) is 11.1 Å². The van der Waals surface area contributed by atoms with E-state index in [2.05, 4.69) is 9.97 Å². The summed E-state index contributed by atoms with van der Waals surface area (Å²) < 4.78 is 0. The van der Waals surface area contributed by atoms with Crippen LogP contribution < -0.4 is 5.73 Å². The van der Waals surface area contributed by atoms with Crippen LogP contribution in [0.4, 0.5) is 0 Å². The molecule has 22 heavy (non-hydrogen) atoms. The van der Waals surface area contributed by atoms with Crippen LogP contribution in [0.3, 0.4) is 0 Å². The molecule has 6 heteroatoms. The molecule has 3 rings (SSSR count). The lowest BCUT2D eigenvalue weighted by molar-refractivity contribution is 0.100. The summed E-state index contributed by atoms with van der Waals surface area (Å²) in [4.78, 5) is 18.9. The van der Waals surface area contributed by atoms with Crippen LogP contribution >= 0.6 is 0 Å². The average Bonchev–Trinajstić information content (AvgIpc) is 2.88. The van der Waals surface area contributed by atoms with E-state index in [1.54, 1.807) is 18.2 Å². The number of para-hydroxylation sites is 1. The number of benzene rings is 2. The zero-order valence-corrected chi connectivity index (χ0v) is 11.7. The van der Waals surface area contributed by atoms with Gasteiger partial charge in [0.1, 0.15) is 22.8 Å². The highest BCUT2D eigenvalue weighted by atomic mass is 16.3. The number of phenols is 2. The maximum atomic E-state index is 11.4. The van der Waals surface area contributed by atoms with E-state index in [1.165, 1.54) is 12.1 Å². The predicted molar refractivity (Wildman–Crippen MR) is 81.8 cm³/mol. The number of rotatable bonds is 4. The maximum absolute atomic E-state index is 11.4. The van der Waals surface area contributed by atoms with Gasteiger partial charge in [0.2, 0.25) is 0 Å². The number of aromatic hydroxyl groups is 2. The van der Waals surface area contributed by atoms with Crippen molar-refractivity contribution in [2.24, 2.45) is 5.73 Å². The van der Waals surface area contributed by atoms with E-state index < -0.39 is 5.91 Å². The molecule has 6 nitrogen and oxygen atoms in total. The van der Waals surface area contributed by atoms with Crippen LogP contribution in [0.1, 0.15) is 21.7 Å². The van der Waals surface area contributed by atoms with E-state index in [9.17, 15) is 15.0 Å². The Bertz CT molecular complexity index is 855. The van der Waals surface area contributed by atoms with Gasteiger partial charge in [0.15, 0.2) is 0 Å². The molecule has 0 saturated carbocycles. The van der Waals surface area contributed by atoms with Crippen LogP contribution in [-0.2, 0) is 12.8 Å². The van der Waals surface area contributed by atoms with Crippen molar-refractivity contribution in [2.45, 2.75) is 12.8 Å². The van der Waals surface area contributed by atoms with Gasteiger partial charge in [0.25, 0.3) is 5.91 Å².